The van der Waals surface area contributed by atoms with Gasteiger partial charge in [-0.15, -0.1) is 0 Å². The molecular formula is C13H31N3O. The van der Waals surface area contributed by atoms with E-state index in [1.807, 2.05) is 0 Å². The van der Waals surface area contributed by atoms with E-state index in [-0.39, 0.29) is 18.7 Å². The van der Waals surface area contributed by atoms with Gasteiger partial charge in [-0.3, -0.25) is 4.90 Å². The van der Waals surface area contributed by atoms with Gasteiger partial charge < -0.3 is 15.7 Å². The lowest BCUT2D eigenvalue weighted by molar-refractivity contribution is 0.117. The van der Waals surface area contributed by atoms with Gasteiger partial charge in [0.15, 0.2) is 0 Å². The molecule has 0 saturated carbocycles. The van der Waals surface area contributed by atoms with Gasteiger partial charge in [0.25, 0.3) is 0 Å². The Kier molecular flexibility index (Phi) is 8.78. The van der Waals surface area contributed by atoms with E-state index in [1.54, 1.807) is 0 Å². The quantitative estimate of drug-likeness (QED) is 0.625. The van der Waals surface area contributed by atoms with Crippen LogP contribution in [0.3, 0.4) is 0 Å². The zero-order valence-electron chi connectivity index (χ0n) is 12.2. The molecule has 0 aliphatic carbocycles. The molecule has 2 atom stereocenters. The monoisotopic (exact) mass is 245 g/mol. The number of aliphatic hydroxyl groups excluding tert-OH is 1. The van der Waals surface area contributed by atoms with Crippen LogP contribution >= 0.6 is 0 Å². The zero-order chi connectivity index (χ0) is 13.4. The van der Waals surface area contributed by atoms with Gasteiger partial charge in [0.1, 0.15) is 0 Å². The van der Waals surface area contributed by atoms with E-state index < -0.39 is 0 Å². The average Bonchev–Trinajstić information content (AvgIpc) is 2.16. The van der Waals surface area contributed by atoms with E-state index in [1.165, 1.54) is 0 Å². The molecule has 17 heavy (non-hydrogen) atoms. The molecule has 0 aromatic carbocycles. The van der Waals surface area contributed by atoms with Crippen molar-refractivity contribution < 1.29 is 5.11 Å². The Hall–Kier alpha value is -0.160. The van der Waals surface area contributed by atoms with E-state index in [9.17, 15) is 5.11 Å². The van der Waals surface area contributed by atoms with Crippen LogP contribution in [0.4, 0.5) is 0 Å². The topological polar surface area (TPSA) is 52.7 Å². The highest BCUT2D eigenvalue weighted by atomic mass is 16.3. The first-order chi connectivity index (χ1) is 7.88. The Morgan fingerprint density at radius 3 is 2.12 bits per heavy atom. The SMILES string of the molecule is CC(C)CC(N)C(CO)N(C)CCCN(C)C. The van der Waals surface area contributed by atoms with Crippen LogP contribution in [0.2, 0.25) is 0 Å². The molecular weight excluding hydrogens is 214 g/mol. The van der Waals surface area contributed by atoms with Gasteiger partial charge in [-0.05, 0) is 53.0 Å². The Morgan fingerprint density at radius 2 is 1.71 bits per heavy atom. The second-order valence-electron chi connectivity index (χ2n) is 5.68. The maximum Gasteiger partial charge on any atom is 0.0601 e. The third-order valence-electron chi connectivity index (χ3n) is 3.11. The van der Waals surface area contributed by atoms with E-state index in [4.69, 9.17) is 5.73 Å². The molecule has 0 saturated heterocycles. The summed E-state index contributed by atoms with van der Waals surface area (Å²) in [5.74, 6) is 0.578. The Morgan fingerprint density at radius 1 is 1.12 bits per heavy atom. The molecule has 3 N–H and O–H groups in total. The smallest absolute Gasteiger partial charge is 0.0601 e. The molecule has 2 unspecified atom stereocenters. The maximum absolute atomic E-state index is 9.46. The summed E-state index contributed by atoms with van der Waals surface area (Å²) in [5, 5.41) is 9.46. The first-order valence-corrected chi connectivity index (χ1v) is 6.59. The van der Waals surface area contributed by atoms with E-state index >= 15 is 0 Å². The highest BCUT2D eigenvalue weighted by molar-refractivity contribution is 4.81. The number of aliphatic hydroxyl groups is 1. The average molecular weight is 245 g/mol. The summed E-state index contributed by atoms with van der Waals surface area (Å²) in [6.45, 7) is 6.53. The van der Waals surface area contributed by atoms with Crippen LogP contribution in [0.1, 0.15) is 26.7 Å². The number of likely N-dealkylation sites (N-methyl/N-ethyl adjacent to an activating group) is 1. The highest BCUT2D eigenvalue weighted by Gasteiger charge is 2.21. The van der Waals surface area contributed by atoms with Gasteiger partial charge in [0, 0.05) is 12.1 Å². The number of hydrogen-bond donors (Lipinski definition) is 2. The second kappa shape index (κ2) is 8.86. The van der Waals surface area contributed by atoms with Crippen LogP contribution in [0.15, 0.2) is 0 Å². The Bertz CT molecular complexity index is 186. The molecule has 104 valence electrons. The summed E-state index contributed by atoms with van der Waals surface area (Å²) < 4.78 is 0. The van der Waals surface area contributed by atoms with Crippen molar-refractivity contribution in [3.05, 3.63) is 0 Å². The van der Waals surface area contributed by atoms with Crippen molar-refractivity contribution in [1.29, 1.82) is 0 Å². The van der Waals surface area contributed by atoms with Crippen LogP contribution in [0.25, 0.3) is 0 Å². The standard InChI is InChI=1S/C13H31N3O/c1-11(2)9-12(14)13(10-17)16(5)8-6-7-15(3)4/h11-13,17H,6-10,14H2,1-5H3. The molecule has 4 heteroatoms. The van der Waals surface area contributed by atoms with Crippen LogP contribution in [-0.2, 0) is 0 Å². The molecule has 0 aromatic rings. The number of nitrogens with two attached hydrogens (primary N) is 1. The summed E-state index contributed by atoms with van der Waals surface area (Å²) >= 11 is 0. The van der Waals surface area contributed by atoms with Crippen molar-refractivity contribution >= 4 is 0 Å². The minimum atomic E-state index is 0.0596. The third-order valence-corrected chi connectivity index (χ3v) is 3.11. The normalized spacial score (nSPS) is 15.9. The fourth-order valence-corrected chi connectivity index (χ4v) is 2.11. The lowest BCUT2D eigenvalue weighted by atomic mass is 9.97. The molecule has 0 amide bonds. The molecule has 0 aliphatic heterocycles. The number of nitrogens with zero attached hydrogens (tertiary/aromatic N) is 2. The van der Waals surface area contributed by atoms with Gasteiger partial charge in [0.05, 0.1) is 6.61 Å². The Balaban J connectivity index is 4.06. The predicted molar refractivity (Wildman–Crippen MR) is 74.1 cm³/mol. The minimum absolute atomic E-state index is 0.0596. The maximum atomic E-state index is 9.46. The lowest BCUT2D eigenvalue weighted by Crippen LogP contribution is -2.49. The fraction of sp³-hybridized carbons (Fsp3) is 1.00. The van der Waals surface area contributed by atoms with Gasteiger partial charge in [-0.2, -0.15) is 0 Å². The molecule has 0 bridgehead atoms. The first-order valence-electron chi connectivity index (χ1n) is 6.59. The van der Waals surface area contributed by atoms with Crippen LogP contribution in [0.5, 0.6) is 0 Å². The Labute approximate surface area is 107 Å². The zero-order valence-corrected chi connectivity index (χ0v) is 12.2. The lowest BCUT2D eigenvalue weighted by Gasteiger charge is -2.32. The summed E-state index contributed by atoms with van der Waals surface area (Å²) in [7, 11) is 6.21. The third kappa shape index (κ3) is 7.71. The molecule has 0 fully saturated rings. The van der Waals surface area contributed by atoms with E-state index in [0.29, 0.717) is 5.92 Å². The van der Waals surface area contributed by atoms with E-state index in [2.05, 4.69) is 44.8 Å². The fourth-order valence-electron chi connectivity index (χ4n) is 2.11. The van der Waals surface area contributed by atoms with E-state index in [0.717, 1.165) is 25.9 Å². The van der Waals surface area contributed by atoms with Crippen molar-refractivity contribution in [3.8, 4) is 0 Å². The molecule has 0 aromatic heterocycles. The van der Waals surface area contributed by atoms with Gasteiger partial charge in [0.2, 0.25) is 0 Å². The molecule has 4 nitrogen and oxygen atoms in total. The minimum Gasteiger partial charge on any atom is -0.395 e. The number of hydrogen-bond acceptors (Lipinski definition) is 4. The second-order valence-corrected chi connectivity index (χ2v) is 5.68. The van der Waals surface area contributed by atoms with Crippen molar-refractivity contribution in [2.45, 2.75) is 38.8 Å². The molecule has 0 spiro atoms. The molecule has 0 radical (unpaired) electrons. The van der Waals surface area contributed by atoms with Gasteiger partial charge in [-0.25, -0.2) is 0 Å². The summed E-state index contributed by atoms with van der Waals surface area (Å²) in [5.41, 5.74) is 6.15. The summed E-state index contributed by atoms with van der Waals surface area (Å²) in [4.78, 5) is 4.37. The first kappa shape index (κ1) is 16.8. The van der Waals surface area contributed by atoms with Crippen molar-refractivity contribution in [1.82, 2.24) is 9.80 Å². The summed E-state index contributed by atoms with van der Waals surface area (Å²) in [6, 6.07) is 0.143. The van der Waals surface area contributed by atoms with Gasteiger partial charge in [-0.1, -0.05) is 13.8 Å². The molecule has 0 heterocycles. The summed E-state index contributed by atoms with van der Waals surface area (Å²) in [6.07, 6.45) is 2.07. The molecule has 0 aliphatic rings. The van der Waals surface area contributed by atoms with Crippen LogP contribution in [-0.4, -0.2) is 67.8 Å². The largest absolute Gasteiger partial charge is 0.395 e. The van der Waals surface area contributed by atoms with Crippen LogP contribution < -0.4 is 5.73 Å². The van der Waals surface area contributed by atoms with Gasteiger partial charge >= 0.3 is 0 Å². The van der Waals surface area contributed by atoms with Crippen LogP contribution in [0, 0.1) is 5.92 Å². The van der Waals surface area contributed by atoms with Crippen molar-refractivity contribution in [2.75, 3.05) is 40.8 Å². The highest BCUT2D eigenvalue weighted by Crippen LogP contribution is 2.10. The predicted octanol–water partition coefficient (Wildman–Crippen LogP) is 0.604. The molecule has 0 rings (SSSR count). The van der Waals surface area contributed by atoms with Crippen molar-refractivity contribution in [3.63, 3.8) is 0 Å². The number of rotatable bonds is 9. The van der Waals surface area contributed by atoms with Crippen molar-refractivity contribution in [2.24, 2.45) is 11.7 Å².